The van der Waals surface area contributed by atoms with Gasteiger partial charge in [-0.2, -0.15) is 0 Å². The first-order chi connectivity index (χ1) is 23.8. The number of phosphoric acid groups is 1. The number of aliphatic hydroxyl groups is 2. The molecular weight excluding hydrogens is 639 g/mol. The van der Waals surface area contributed by atoms with Gasteiger partial charge in [-0.1, -0.05) is 154 Å². The Kier molecular flexibility index (Phi) is 34.6. The van der Waals surface area contributed by atoms with E-state index in [1.165, 1.54) is 103 Å². The quantitative estimate of drug-likeness (QED) is 0.0242. The van der Waals surface area contributed by atoms with Crippen molar-refractivity contribution in [1.82, 2.24) is 5.32 Å². The van der Waals surface area contributed by atoms with Crippen molar-refractivity contribution in [2.24, 2.45) is 5.73 Å². The van der Waals surface area contributed by atoms with Gasteiger partial charge in [-0.05, 0) is 44.9 Å². The van der Waals surface area contributed by atoms with Crippen LogP contribution in [0.25, 0.3) is 0 Å². The van der Waals surface area contributed by atoms with Gasteiger partial charge in [0.25, 0.3) is 0 Å². The Hall–Kier alpha value is -1.06. The summed E-state index contributed by atoms with van der Waals surface area (Å²) >= 11 is 0. The summed E-state index contributed by atoms with van der Waals surface area (Å²) in [5.41, 5.74) is 5.34. The molecule has 0 spiro atoms. The lowest BCUT2D eigenvalue weighted by molar-refractivity contribution is -0.124. The van der Waals surface area contributed by atoms with Gasteiger partial charge < -0.3 is 26.2 Å². The molecule has 0 fully saturated rings. The second-order valence-corrected chi connectivity index (χ2v) is 15.1. The Bertz CT molecular complexity index is 842. The summed E-state index contributed by atoms with van der Waals surface area (Å²) in [6, 6.07) is -0.980. The number of hydrogen-bond donors (Lipinski definition) is 5. The molecule has 1 amide bonds. The summed E-state index contributed by atoms with van der Waals surface area (Å²) in [6.45, 7) is 3.92. The molecule has 0 bridgehead atoms. The third-order valence-electron chi connectivity index (χ3n) is 8.83. The van der Waals surface area contributed by atoms with Crippen molar-refractivity contribution in [3.63, 3.8) is 0 Å². The summed E-state index contributed by atoms with van der Waals surface area (Å²) in [5, 5.41) is 23.9. The van der Waals surface area contributed by atoms with Crippen LogP contribution in [0.4, 0.5) is 0 Å². The fourth-order valence-electron chi connectivity index (χ4n) is 5.76. The molecule has 0 rings (SSSR count). The summed E-state index contributed by atoms with van der Waals surface area (Å²) in [5.74, 6) is -0.453. The number of nitrogens with two attached hydrogens (primary N) is 1. The molecule has 0 saturated heterocycles. The molecule has 10 heteroatoms. The smallest absolute Gasteiger partial charge is 0.393 e. The van der Waals surface area contributed by atoms with E-state index < -0.39 is 38.6 Å². The molecule has 4 unspecified atom stereocenters. The minimum Gasteiger partial charge on any atom is -0.393 e. The Labute approximate surface area is 300 Å². The number of allylic oxidation sites excluding steroid dienone is 3. The van der Waals surface area contributed by atoms with E-state index in [-0.39, 0.29) is 19.6 Å². The molecule has 290 valence electrons. The predicted molar refractivity (Wildman–Crippen MR) is 204 cm³/mol. The highest BCUT2D eigenvalue weighted by Crippen LogP contribution is 2.43. The van der Waals surface area contributed by atoms with Gasteiger partial charge in [0.1, 0.15) is 0 Å². The van der Waals surface area contributed by atoms with Crippen LogP contribution in [0.15, 0.2) is 24.3 Å². The molecule has 0 aliphatic rings. The number of hydrogen-bond acceptors (Lipinski definition) is 7. The van der Waals surface area contributed by atoms with Crippen molar-refractivity contribution < 1.29 is 33.5 Å². The zero-order valence-electron chi connectivity index (χ0n) is 31.5. The topological polar surface area (TPSA) is 151 Å². The van der Waals surface area contributed by atoms with Gasteiger partial charge in [0, 0.05) is 6.54 Å². The van der Waals surface area contributed by atoms with E-state index in [1.807, 2.05) is 6.08 Å². The van der Waals surface area contributed by atoms with Crippen LogP contribution in [0.5, 0.6) is 0 Å². The number of carbonyl (C=O) groups excluding carboxylic acids is 1. The van der Waals surface area contributed by atoms with Crippen LogP contribution in [-0.2, 0) is 18.4 Å². The highest BCUT2D eigenvalue weighted by Gasteiger charge is 2.27. The fourth-order valence-corrected chi connectivity index (χ4v) is 6.52. The molecule has 0 aromatic carbocycles. The van der Waals surface area contributed by atoms with Gasteiger partial charge in [0.05, 0.1) is 37.9 Å². The largest absolute Gasteiger partial charge is 0.472 e. The fraction of sp³-hybridized carbons (Fsp3) is 0.872. The lowest BCUT2D eigenvalue weighted by Gasteiger charge is -2.24. The third kappa shape index (κ3) is 33.8. The second-order valence-electron chi connectivity index (χ2n) is 13.7. The first-order valence-electron chi connectivity index (χ1n) is 20.0. The van der Waals surface area contributed by atoms with Gasteiger partial charge in [-0.3, -0.25) is 13.8 Å². The maximum Gasteiger partial charge on any atom is 0.472 e. The first-order valence-corrected chi connectivity index (χ1v) is 21.5. The molecule has 0 aliphatic carbocycles. The SMILES string of the molecule is CCCCCCCCC/C=C/C(O)C(COP(=O)(O)OCCN)NC(=O)CC(O)CCCCCCC/C=C\CCCCCCCCCCC. The standard InChI is InChI=1S/C39H77N2O7P/c1-3-5-7-9-11-13-14-15-16-17-18-19-20-21-23-24-26-28-30-36(42)34-39(44)41-37(35-48-49(45,46)47-33-32-40)38(43)31-29-27-25-22-12-10-8-6-4-2/h18-19,29,31,36-38,42-43H,3-17,20-28,30,32-35,40H2,1-2H3,(H,41,44)(H,45,46)/b19-18-,31-29+. The van der Waals surface area contributed by atoms with E-state index in [1.54, 1.807) is 6.08 Å². The molecule has 0 aliphatic heterocycles. The molecule has 49 heavy (non-hydrogen) atoms. The van der Waals surface area contributed by atoms with E-state index >= 15 is 0 Å². The number of amides is 1. The molecule has 0 saturated carbocycles. The highest BCUT2D eigenvalue weighted by molar-refractivity contribution is 7.47. The Morgan fingerprint density at radius 1 is 0.694 bits per heavy atom. The summed E-state index contributed by atoms with van der Waals surface area (Å²) in [6.07, 6.45) is 35.6. The first kappa shape index (κ1) is 47.9. The van der Waals surface area contributed by atoms with Crippen LogP contribution in [-0.4, -0.2) is 59.0 Å². The summed E-state index contributed by atoms with van der Waals surface area (Å²) in [4.78, 5) is 22.6. The van der Waals surface area contributed by atoms with Gasteiger partial charge >= 0.3 is 7.82 Å². The summed E-state index contributed by atoms with van der Waals surface area (Å²) in [7, 11) is -4.39. The van der Waals surface area contributed by atoms with Crippen molar-refractivity contribution in [3.05, 3.63) is 24.3 Å². The van der Waals surface area contributed by atoms with E-state index in [4.69, 9.17) is 14.8 Å². The molecule has 9 nitrogen and oxygen atoms in total. The van der Waals surface area contributed by atoms with E-state index in [9.17, 15) is 24.5 Å². The maximum atomic E-state index is 12.7. The lowest BCUT2D eigenvalue weighted by atomic mass is 10.0. The summed E-state index contributed by atoms with van der Waals surface area (Å²) < 4.78 is 21.9. The van der Waals surface area contributed by atoms with Crippen LogP contribution < -0.4 is 11.1 Å². The average molecular weight is 717 g/mol. The van der Waals surface area contributed by atoms with E-state index in [0.29, 0.717) is 6.42 Å². The van der Waals surface area contributed by atoms with Gasteiger partial charge in [-0.15, -0.1) is 0 Å². The molecule has 0 aromatic heterocycles. The number of aliphatic hydroxyl groups excluding tert-OH is 2. The molecule has 6 N–H and O–H groups in total. The molecule has 0 aromatic rings. The average Bonchev–Trinajstić information content (AvgIpc) is 3.07. The van der Waals surface area contributed by atoms with Gasteiger partial charge in [0.15, 0.2) is 0 Å². The number of phosphoric ester groups is 1. The van der Waals surface area contributed by atoms with Crippen LogP contribution in [0.1, 0.15) is 181 Å². The highest BCUT2D eigenvalue weighted by atomic mass is 31.2. The normalized spacial score (nSPS) is 15.1. The zero-order valence-corrected chi connectivity index (χ0v) is 32.4. The number of unbranched alkanes of at least 4 members (excludes halogenated alkanes) is 21. The Balaban J connectivity index is 4.28. The van der Waals surface area contributed by atoms with Crippen molar-refractivity contribution in [2.75, 3.05) is 19.8 Å². The number of nitrogens with one attached hydrogen (secondary N) is 1. The number of carbonyl (C=O) groups is 1. The van der Waals surface area contributed by atoms with Crippen LogP contribution >= 0.6 is 7.82 Å². The van der Waals surface area contributed by atoms with Crippen molar-refractivity contribution in [1.29, 1.82) is 0 Å². The predicted octanol–water partition coefficient (Wildman–Crippen LogP) is 9.58. The molecule has 0 heterocycles. The maximum absolute atomic E-state index is 12.7. The monoisotopic (exact) mass is 717 g/mol. The van der Waals surface area contributed by atoms with E-state index in [0.717, 1.165) is 51.4 Å². The van der Waals surface area contributed by atoms with Crippen LogP contribution in [0.3, 0.4) is 0 Å². The number of rotatable bonds is 37. The lowest BCUT2D eigenvalue weighted by Crippen LogP contribution is -2.46. The Morgan fingerprint density at radius 2 is 1.14 bits per heavy atom. The minimum absolute atomic E-state index is 0.0484. The van der Waals surface area contributed by atoms with Crippen molar-refractivity contribution in [3.8, 4) is 0 Å². The minimum atomic E-state index is -4.39. The molecular formula is C39H77N2O7P. The Morgan fingerprint density at radius 3 is 1.63 bits per heavy atom. The zero-order chi connectivity index (χ0) is 36.3. The molecule has 0 radical (unpaired) electrons. The third-order valence-corrected chi connectivity index (χ3v) is 9.81. The van der Waals surface area contributed by atoms with Gasteiger partial charge in [0.2, 0.25) is 5.91 Å². The van der Waals surface area contributed by atoms with E-state index in [2.05, 4.69) is 31.3 Å². The van der Waals surface area contributed by atoms with Crippen molar-refractivity contribution >= 4 is 13.7 Å². The van der Waals surface area contributed by atoms with Gasteiger partial charge in [-0.25, -0.2) is 4.57 Å². The second kappa shape index (κ2) is 35.3. The van der Waals surface area contributed by atoms with Crippen LogP contribution in [0, 0.1) is 0 Å². The van der Waals surface area contributed by atoms with Crippen LogP contribution in [0.2, 0.25) is 0 Å². The van der Waals surface area contributed by atoms with Crippen molar-refractivity contribution in [2.45, 2.75) is 199 Å². The molecule has 4 atom stereocenters.